The molecular formula is C24H23N5O2. The molecule has 0 spiro atoms. The first kappa shape index (κ1) is 19.4. The van der Waals surface area contributed by atoms with Crippen LogP contribution in [0, 0.1) is 0 Å². The van der Waals surface area contributed by atoms with E-state index in [0.29, 0.717) is 25.6 Å². The minimum absolute atomic E-state index is 0.108. The summed E-state index contributed by atoms with van der Waals surface area (Å²) in [4.78, 5) is 13.3. The maximum atomic E-state index is 6.13. The van der Waals surface area contributed by atoms with Gasteiger partial charge in [0.2, 0.25) is 0 Å². The van der Waals surface area contributed by atoms with Crippen molar-refractivity contribution in [2.45, 2.75) is 25.5 Å². The van der Waals surface area contributed by atoms with E-state index in [-0.39, 0.29) is 12.3 Å². The molecule has 2 aromatic carbocycles. The number of anilines is 1. The molecule has 3 heterocycles. The minimum atomic E-state index is -0.271. The van der Waals surface area contributed by atoms with Crippen molar-refractivity contribution in [3.63, 3.8) is 0 Å². The van der Waals surface area contributed by atoms with Crippen LogP contribution in [0.3, 0.4) is 0 Å². The topological polar surface area (TPSA) is 74.1 Å². The van der Waals surface area contributed by atoms with Crippen LogP contribution in [-0.4, -0.2) is 32.2 Å². The van der Waals surface area contributed by atoms with Gasteiger partial charge in [-0.15, -0.1) is 0 Å². The fourth-order valence-electron chi connectivity index (χ4n) is 3.56. The second-order valence-corrected chi connectivity index (χ2v) is 7.34. The van der Waals surface area contributed by atoms with Gasteiger partial charge in [-0.3, -0.25) is 4.57 Å². The highest BCUT2D eigenvalue weighted by Gasteiger charge is 2.23. The molecule has 0 radical (unpaired) electrons. The van der Waals surface area contributed by atoms with Crippen LogP contribution in [0.1, 0.15) is 17.4 Å². The summed E-state index contributed by atoms with van der Waals surface area (Å²) >= 11 is 0. The van der Waals surface area contributed by atoms with E-state index in [9.17, 15) is 0 Å². The number of benzene rings is 2. The lowest BCUT2D eigenvalue weighted by atomic mass is 10.2. The van der Waals surface area contributed by atoms with Crippen LogP contribution < -0.4 is 5.32 Å². The SMILES string of the molecule is C1=C[C@H](n2cnc3c(NCc4ccccc4)ncnc32)O[C@@H]1COCc1ccccc1. The van der Waals surface area contributed by atoms with Gasteiger partial charge in [0, 0.05) is 6.54 Å². The first-order valence-electron chi connectivity index (χ1n) is 10.3. The Hall–Kier alpha value is -3.55. The Morgan fingerprint density at radius 1 is 0.903 bits per heavy atom. The maximum Gasteiger partial charge on any atom is 0.167 e. The molecule has 0 saturated carbocycles. The first-order valence-corrected chi connectivity index (χ1v) is 10.3. The van der Waals surface area contributed by atoms with Gasteiger partial charge in [0.25, 0.3) is 0 Å². The highest BCUT2D eigenvalue weighted by atomic mass is 16.5. The van der Waals surface area contributed by atoms with Crippen LogP contribution >= 0.6 is 0 Å². The highest BCUT2D eigenvalue weighted by Crippen LogP contribution is 2.27. The highest BCUT2D eigenvalue weighted by molar-refractivity contribution is 5.82. The molecule has 31 heavy (non-hydrogen) atoms. The summed E-state index contributed by atoms with van der Waals surface area (Å²) in [6, 6.07) is 20.3. The predicted octanol–water partition coefficient (Wildman–Crippen LogP) is 4.11. The normalized spacial score (nSPS) is 17.9. The number of hydrogen-bond acceptors (Lipinski definition) is 6. The number of ether oxygens (including phenoxy) is 2. The lowest BCUT2D eigenvalue weighted by molar-refractivity contribution is -0.0313. The molecule has 1 aliphatic heterocycles. The molecule has 2 aromatic heterocycles. The van der Waals surface area contributed by atoms with Crippen molar-refractivity contribution in [2.75, 3.05) is 11.9 Å². The summed E-state index contributed by atoms with van der Waals surface area (Å²) in [5.74, 6) is 0.706. The van der Waals surface area contributed by atoms with E-state index >= 15 is 0 Å². The molecule has 1 N–H and O–H groups in total. The van der Waals surface area contributed by atoms with Gasteiger partial charge in [0.15, 0.2) is 23.2 Å². The van der Waals surface area contributed by atoms with Gasteiger partial charge in [-0.1, -0.05) is 66.7 Å². The van der Waals surface area contributed by atoms with E-state index in [1.165, 1.54) is 5.56 Å². The molecule has 0 aliphatic carbocycles. The van der Waals surface area contributed by atoms with Crippen molar-refractivity contribution >= 4 is 17.0 Å². The van der Waals surface area contributed by atoms with Gasteiger partial charge >= 0.3 is 0 Å². The van der Waals surface area contributed by atoms with Gasteiger partial charge in [-0.25, -0.2) is 15.0 Å². The van der Waals surface area contributed by atoms with Crippen LogP contribution in [0.5, 0.6) is 0 Å². The molecule has 2 atom stereocenters. The fourth-order valence-corrected chi connectivity index (χ4v) is 3.56. The number of fused-ring (bicyclic) bond motifs is 1. The van der Waals surface area contributed by atoms with E-state index in [2.05, 4.69) is 44.5 Å². The zero-order valence-electron chi connectivity index (χ0n) is 17.0. The van der Waals surface area contributed by atoms with Crippen molar-refractivity contribution < 1.29 is 9.47 Å². The molecule has 0 saturated heterocycles. The molecule has 0 unspecified atom stereocenters. The Bertz CT molecular complexity index is 1160. The monoisotopic (exact) mass is 413 g/mol. The van der Waals surface area contributed by atoms with Gasteiger partial charge < -0.3 is 14.8 Å². The Kier molecular flexibility index (Phi) is 5.68. The van der Waals surface area contributed by atoms with E-state index < -0.39 is 0 Å². The standard InChI is InChI=1S/C24H23N5O2/c1-3-7-18(8-4-1)13-25-23-22-24(27-16-26-23)29(17-28-22)21-12-11-20(31-21)15-30-14-19-9-5-2-6-10-19/h1-12,16-17,20-21H,13-15H2,(H,25,26,27)/t20-,21+/m0/s1. The number of nitrogens with zero attached hydrogens (tertiary/aromatic N) is 4. The van der Waals surface area contributed by atoms with Crippen molar-refractivity contribution in [3.05, 3.63) is 96.6 Å². The lowest BCUT2D eigenvalue weighted by Crippen LogP contribution is -2.17. The van der Waals surface area contributed by atoms with Crippen LogP contribution in [-0.2, 0) is 22.6 Å². The van der Waals surface area contributed by atoms with Crippen molar-refractivity contribution in [2.24, 2.45) is 0 Å². The molecular weight excluding hydrogens is 390 g/mol. The van der Waals surface area contributed by atoms with Crippen LogP contribution in [0.2, 0.25) is 0 Å². The third-order valence-electron chi connectivity index (χ3n) is 5.13. The van der Waals surface area contributed by atoms with E-state index in [0.717, 1.165) is 16.7 Å². The average Bonchev–Trinajstić information content (AvgIpc) is 3.46. The molecule has 7 nitrogen and oxygen atoms in total. The molecule has 0 bridgehead atoms. The summed E-state index contributed by atoms with van der Waals surface area (Å²) in [7, 11) is 0. The maximum absolute atomic E-state index is 6.13. The van der Waals surface area contributed by atoms with Gasteiger partial charge in [-0.05, 0) is 17.2 Å². The average molecular weight is 413 g/mol. The van der Waals surface area contributed by atoms with Gasteiger partial charge in [-0.2, -0.15) is 0 Å². The van der Waals surface area contributed by atoms with Crippen molar-refractivity contribution in [3.8, 4) is 0 Å². The fraction of sp³-hybridized carbons (Fsp3) is 0.208. The van der Waals surface area contributed by atoms with E-state index in [1.54, 1.807) is 12.7 Å². The van der Waals surface area contributed by atoms with Crippen molar-refractivity contribution in [1.82, 2.24) is 19.5 Å². The lowest BCUT2D eigenvalue weighted by Gasteiger charge is -2.16. The number of hydrogen-bond donors (Lipinski definition) is 1. The molecule has 1 aliphatic rings. The summed E-state index contributed by atoms with van der Waals surface area (Å²) in [6.45, 7) is 1.73. The summed E-state index contributed by atoms with van der Waals surface area (Å²) < 4.78 is 13.9. The van der Waals surface area contributed by atoms with Crippen molar-refractivity contribution in [1.29, 1.82) is 0 Å². The third-order valence-corrected chi connectivity index (χ3v) is 5.13. The first-order chi connectivity index (χ1) is 15.4. The molecule has 0 amide bonds. The van der Waals surface area contributed by atoms with Crippen LogP contribution in [0.15, 0.2) is 85.5 Å². The summed E-state index contributed by atoms with van der Waals surface area (Å²) in [5.41, 5.74) is 3.77. The number of aromatic nitrogens is 4. The number of imidazole rings is 1. The largest absolute Gasteiger partial charge is 0.374 e. The molecule has 4 aromatic rings. The molecule has 5 rings (SSSR count). The number of rotatable bonds is 8. The third kappa shape index (κ3) is 4.47. The Morgan fingerprint density at radius 2 is 1.68 bits per heavy atom. The Morgan fingerprint density at radius 3 is 2.48 bits per heavy atom. The van der Waals surface area contributed by atoms with E-state index in [1.807, 2.05) is 53.1 Å². The smallest absolute Gasteiger partial charge is 0.167 e. The predicted molar refractivity (Wildman–Crippen MR) is 118 cm³/mol. The van der Waals surface area contributed by atoms with Crippen LogP contribution in [0.25, 0.3) is 11.2 Å². The zero-order chi connectivity index (χ0) is 20.9. The van der Waals surface area contributed by atoms with Crippen LogP contribution in [0.4, 0.5) is 5.82 Å². The quantitative estimate of drug-likeness (QED) is 0.438. The Labute approximate surface area is 180 Å². The van der Waals surface area contributed by atoms with Gasteiger partial charge in [0.1, 0.15) is 12.4 Å². The second-order valence-electron chi connectivity index (χ2n) is 7.34. The number of nitrogens with one attached hydrogen (secondary N) is 1. The minimum Gasteiger partial charge on any atom is -0.374 e. The Balaban J connectivity index is 1.22. The second kappa shape index (κ2) is 9.07. The molecule has 0 fully saturated rings. The summed E-state index contributed by atoms with van der Waals surface area (Å²) in [6.07, 6.45) is 6.95. The summed E-state index contributed by atoms with van der Waals surface area (Å²) in [5, 5.41) is 3.35. The molecule has 156 valence electrons. The van der Waals surface area contributed by atoms with E-state index in [4.69, 9.17) is 9.47 Å². The molecule has 7 heteroatoms. The zero-order valence-corrected chi connectivity index (χ0v) is 17.0. The van der Waals surface area contributed by atoms with Gasteiger partial charge in [0.05, 0.1) is 19.5 Å².